The summed E-state index contributed by atoms with van der Waals surface area (Å²) in [5.41, 5.74) is 6.44. The van der Waals surface area contributed by atoms with Crippen LogP contribution in [0.1, 0.15) is 25.3 Å². The Morgan fingerprint density at radius 3 is 2.79 bits per heavy atom. The van der Waals surface area contributed by atoms with Gasteiger partial charge in [-0.1, -0.05) is 25.6 Å². The summed E-state index contributed by atoms with van der Waals surface area (Å²) in [4.78, 5) is 0.166. The van der Waals surface area contributed by atoms with Crippen LogP contribution in [0.5, 0.6) is 0 Å². The van der Waals surface area contributed by atoms with Crippen LogP contribution in [-0.4, -0.2) is 24.7 Å². The van der Waals surface area contributed by atoms with E-state index in [0.717, 1.165) is 12.8 Å². The minimum Gasteiger partial charge on any atom is -0.389 e. The van der Waals surface area contributed by atoms with Crippen molar-refractivity contribution in [2.24, 2.45) is 5.73 Å². The lowest BCUT2D eigenvalue weighted by Crippen LogP contribution is -2.25. The van der Waals surface area contributed by atoms with Crippen molar-refractivity contribution in [3.63, 3.8) is 0 Å². The number of hydrogen-bond acceptors (Lipinski definition) is 3. The molecule has 19 heavy (non-hydrogen) atoms. The van der Waals surface area contributed by atoms with E-state index in [1.807, 2.05) is 0 Å². The van der Waals surface area contributed by atoms with Crippen LogP contribution in [0, 0.1) is 5.82 Å². The van der Waals surface area contributed by atoms with Crippen LogP contribution in [0.3, 0.4) is 0 Å². The number of nitrogens with one attached hydrogen (secondary N) is 1. The van der Waals surface area contributed by atoms with Crippen molar-refractivity contribution in [2.75, 3.05) is 19.0 Å². The highest BCUT2D eigenvalue weighted by molar-refractivity contribution is 9.10. The first-order valence-corrected chi connectivity index (χ1v) is 7.24. The second-order valence-electron chi connectivity index (χ2n) is 4.24. The van der Waals surface area contributed by atoms with Gasteiger partial charge in [-0.2, -0.15) is 0 Å². The van der Waals surface area contributed by atoms with E-state index in [-0.39, 0.29) is 21.3 Å². The number of halogens is 2. The maximum Gasteiger partial charge on any atom is 0.161 e. The fourth-order valence-corrected chi connectivity index (χ4v) is 2.68. The van der Waals surface area contributed by atoms with Gasteiger partial charge in [-0.15, -0.1) is 0 Å². The van der Waals surface area contributed by atoms with E-state index in [2.05, 4.69) is 28.2 Å². The summed E-state index contributed by atoms with van der Waals surface area (Å²) < 4.78 is 19.6. The molecule has 0 bridgehead atoms. The molecule has 0 saturated heterocycles. The van der Waals surface area contributed by atoms with Gasteiger partial charge in [0.05, 0.1) is 16.8 Å². The lowest BCUT2D eigenvalue weighted by atomic mass is 10.1. The predicted octanol–water partition coefficient (Wildman–Crippen LogP) is 3.45. The molecule has 0 radical (unpaired) electrons. The third-order valence-electron chi connectivity index (χ3n) is 2.71. The maximum absolute atomic E-state index is 14.2. The Balaban J connectivity index is 2.95. The minimum absolute atomic E-state index is 0.0760. The number of nitrogens with two attached hydrogens (primary N) is 1. The molecular weight excluding hydrogens is 331 g/mol. The molecule has 1 aromatic rings. The Morgan fingerprint density at radius 2 is 2.26 bits per heavy atom. The zero-order chi connectivity index (χ0) is 14.4. The van der Waals surface area contributed by atoms with Gasteiger partial charge in [-0.3, -0.25) is 0 Å². The minimum atomic E-state index is -0.387. The van der Waals surface area contributed by atoms with Crippen molar-refractivity contribution in [2.45, 2.75) is 25.8 Å². The standard InChI is InChI=1S/C13H18BrFN2OS/c1-3-4-8(7-18-2)17-10-6-5-9(13(16)19)11(14)12(10)15/h5-6,8,17H,3-4,7H2,1-2H3,(H2,16,19). The molecule has 1 atom stereocenters. The van der Waals surface area contributed by atoms with Crippen molar-refractivity contribution in [1.29, 1.82) is 0 Å². The van der Waals surface area contributed by atoms with Crippen LogP contribution in [-0.2, 0) is 4.74 Å². The monoisotopic (exact) mass is 348 g/mol. The normalized spacial score (nSPS) is 12.2. The van der Waals surface area contributed by atoms with E-state index in [9.17, 15) is 4.39 Å². The summed E-state index contributed by atoms with van der Waals surface area (Å²) in [7, 11) is 1.63. The highest BCUT2D eigenvalue weighted by Gasteiger charge is 2.15. The third kappa shape index (κ3) is 4.40. The Labute approximate surface area is 126 Å². The van der Waals surface area contributed by atoms with E-state index in [4.69, 9.17) is 22.7 Å². The van der Waals surface area contributed by atoms with Crippen molar-refractivity contribution in [1.82, 2.24) is 0 Å². The lowest BCUT2D eigenvalue weighted by molar-refractivity contribution is 0.182. The van der Waals surface area contributed by atoms with E-state index < -0.39 is 0 Å². The Kier molecular flexibility index (Phi) is 6.68. The predicted molar refractivity (Wildman–Crippen MR) is 84.2 cm³/mol. The van der Waals surface area contributed by atoms with Crippen molar-refractivity contribution in [3.05, 3.63) is 28.0 Å². The average molecular weight is 349 g/mol. The molecule has 3 N–H and O–H groups in total. The van der Waals surface area contributed by atoms with Crippen molar-refractivity contribution in [3.8, 4) is 0 Å². The molecule has 0 heterocycles. The first-order chi connectivity index (χ1) is 9.01. The summed E-state index contributed by atoms with van der Waals surface area (Å²) in [6, 6.07) is 3.42. The van der Waals surface area contributed by atoms with E-state index >= 15 is 0 Å². The summed E-state index contributed by atoms with van der Waals surface area (Å²) in [5, 5.41) is 3.14. The molecule has 1 aromatic carbocycles. The molecule has 1 rings (SSSR count). The van der Waals surface area contributed by atoms with Crippen molar-refractivity contribution < 1.29 is 9.13 Å². The summed E-state index contributed by atoms with van der Waals surface area (Å²) in [5.74, 6) is -0.387. The number of rotatable bonds is 7. The van der Waals surface area contributed by atoms with Gasteiger partial charge in [0.1, 0.15) is 4.99 Å². The molecule has 0 aliphatic rings. The fraction of sp³-hybridized carbons (Fsp3) is 0.462. The molecule has 0 saturated carbocycles. The van der Waals surface area contributed by atoms with E-state index in [0.29, 0.717) is 17.9 Å². The summed E-state index contributed by atoms with van der Waals surface area (Å²) in [6.45, 7) is 2.61. The molecular formula is C13H18BrFN2OS. The largest absolute Gasteiger partial charge is 0.389 e. The topological polar surface area (TPSA) is 47.3 Å². The van der Waals surface area contributed by atoms with Gasteiger partial charge in [-0.25, -0.2) is 4.39 Å². The Bertz CT molecular complexity index is 451. The zero-order valence-electron chi connectivity index (χ0n) is 11.0. The van der Waals surface area contributed by atoms with Crippen LogP contribution >= 0.6 is 28.1 Å². The quantitative estimate of drug-likeness (QED) is 0.741. The SMILES string of the molecule is CCCC(COC)Nc1ccc(C(N)=S)c(Br)c1F. The van der Waals surface area contributed by atoms with Crippen LogP contribution in [0.2, 0.25) is 0 Å². The molecule has 0 aliphatic heterocycles. The number of methoxy groups -OCH3 is 1. The van der Waals surface area contributed by atoms with Crippen LogP contribution in [0.25, 0.3) is 0 Å². The van der Waals surface area contributed by atoms with Crippen molar-refractivity contribution >= 4 is 38.8 Å². The van der Waals surface area contributed by atoms with Crippen LogP contribution < -0.4 is 11.1 Å². The number of thiocarbonyl (C=S) groups is 1. The first-order valence-electron chi connectivity index (χ1n) is 6.04. The fourth-order valence-electron chi connectivity index (χ4n) is 1.82. The maximum atomic E-state index is 14.2. The zero-order valence-corrected chi connectivity index (χ0v) is 13.4. The van der Waals surface area contributed by atoms with Crippen LogP contribution in [0.4, 0.5) is 10.1 Å². The second-order valence-corrected chi connectivity index (χ2v) is 5.47. The first kappa shape index (κ1) is 16.3. The molecule has 0 aliphatic carbocycles. The van der Waals surface area contributed by atoms with Gasteiger partial charge in [0.15, 0.2) is 5.82 Å². The number of ether oxygens (including phenoxy) is 1. The van der Waals surface area contributed by atoms with Gasteiger partial charge in [0.25, 0.3) is 0 Å². The number of hydrogen-bond donors (Lipinski definition) is 2. The van der Waals surface area contributed by atoms with E-state index in [1.165, 1.54) is 0 Å². The highest BCUT2D eigenvalue weighted by atomic mass is 79.9. The smallest absolute Gasteiger partial charge is 0.161 e. The summed E-state index contributed by atoms with van der Waals surface area (Å²) in [6.07, 6.45) is 1.90. The molecule has 0 spiro atoms. The molecule has 6 heteroatoms. The molecule has 0 aromatic heterocycles. The molecule has 0 amide bonds. The number of anilines is 1. The van der Waals surface area contributed by atoms with Crippen LogP contribution in [0.15, 0.2) is 16.6 Å². The molecule has 106 valence electrons. The lowest BCUT2D eigenvalue weighted by Gasteiger charge is -2.19. The molecule has 1 unspecified atom stereocenters. The molecule has 0 fully saturated rings. The third-order valence-corrected chi connectivity index (χ3v) is 3.71. The highest BCUT2D eigenvalue weighted by Crippen LogP contribution is 2.27. The van der Waals surface area contributed by atoms with E-state index in [1.54, 1.807) is 19.2 Å². The van der Waals surface area contributed by atoms with Gasteiger partial charge < -0.3 is 15.8 Å². The Hall–Kier alpha value is -0.720. The molecule has 3 nitrogen and oxygen atoms in total. The average Bonchev–Trinajstić information content (AvgIpc) is 2.35. The van der Waals surface area contributed by atoms with Gasteiger partial charge in [0, 0.05) is 18.7 Å². The van der Waals surface area contributed by atoms with Gasteiger partial charge in [-0.05, 0) is 34.5 Å². The van der Waals surface area contributed by atoms with Gasteiger partial charge in [0.2, 0.25) is 0 Å². The van der Waals surface area contributed by atoms with Gasteiger partial charge >= 0.3 is 0 Å². The number of benzene rings is 1. The second kappa shape index (κ2) is 7.77. The summed E-state index contributed by atoms with van der Waals surface area (Å²) >= 11 is 8.05. The Morgan fingerprint density at radius 1 is 1.58 bits per heavy atom.